The first-order valence-corrected chi connectivity index (χ1v) is 7.04. The first kappa shape index (κ1) is 14.7. The van der Waals surface area contributed by atoms with Crippen molar-refractivity contribution >= 4 is 11.7 Å². The molecule has 0 saturated heterocycles. The smallest absolute Gasteiger partial charge is 0.225 e. The van der Waals surface area contributed by atoms with Gasteiger partial charge in [0.2, 0.25) is 5.91 Å². The lowest BCUT2D eigenvalue weighted by molar-refractivity contribution is -0.116. The van der Waals surface area contributed by atoms with Gasteiger partial charge in [-0.25, -0.2) is 4.98 Å². The Bertz CT molecular complexity index is 325. The maximum absolute atomic E-state index is 11.6. The Morgan fingerprint density at radius 3 is 2.50 bits per heavy atom. The molecule has 1 rings (SSSR count). The van der Waals surface area contributed by atoms with Crippen LogP contribution in [-0.4, -0.2) is 10.9 Å². The van der Waals surface area contributed by atoms with Gasteiger partial charge in [-0.15, -0.1) is 0 Å². The average Bonchev–Trinajstić information content (AvgIpc) is 2.39. The summed E-state index contributed by atoms with van der Waals surface area (Å²) in [6.45, 7) is 2.22. The van der Waals surface area contributed by atoms with Crippen molar-refractivity contribution in [2.24, 2.45) is 0 Å². The van der Waals surface area contributed by atoms with Crippen molar-refractivity contribution in [3.05, 3.63) is 24.4 Å². The van der Waals surface area contributed by atoms with Gasteiger partial charge in [-0.05, 0) is 18.6 Å². The number of carbonyl (C=O) groups is 1. The SMILES string of the molecule is CCCCCCCCCC(=O)Nc1ccccn1. The Morgan fingerprint density at radius 2 is 1.83 bits per heavy atom. The molecule has 0 aliphatic carbocycles. The zero-order valence-electron chi connectivity index (χ0n) is 11.3. The topological polar surface area (TPSA) is 42.0 Å². The number of hydrogen-bond donors (Lipinski definition) is 1. The van der Waals surface area contributed by atoms with Gasteiger partial charge in [0.25, 0.3) is 0 Å². The van der Waals surface area contributed by atoms with Crippen molar-refractivity contribution in [3.63, 3.8) is 0 Å². The van der Waals surface area contributed by atoms with Gasteiger partial charge in [-0.1, -0.05) is 51.5 Å². The van der Waals surface area contributed by atoms with Gasteiger partial charge in [0.05, 0.1) is 0 Å². The number of nitrogens with one attached hydrogen (secondary N) is 1. The van der Waals surface area contributed by atoms with Gasteiger partial charge < -0.3 is 5.32 Å². The predicted octanol–water partition coefficient (Wildman–Crippen LogP) is 4.16. The fourth-order valence-electron chi connectivity index (χ4n) is 1.88. The molecule has 0 fully saturated rings. The van der Waals surface area contributed by atoms with Crippen molar-refractivity contribution in [1.29, 1.82) is 0 Å². The summed E-state index contributed by atoms with van der Waals surface area (Å²) >= 11 is 0. The summed E-state index contributed by atoms with van der Waals surface area (Å²) in [5.41, 5.74) is 0. The van der Waals surface area contributed by atoms with Crippen LogP contribution < -0.4 is 5.32 Å². The number of rotatable bonds is 9. The second-order valence-corrected chi connectivity index (χ2v) is 4.63. The van der Waals surface area contributed by atoms with E-state index in [1.165, 1.54) is 32.1 Å². The normalized spacial score (nSPS) is 10.3. The van der Waals surface area contributed by atoms with E-state index in [2.05, 4.69) is 17.2 Å². The molecule has 0 atom stereocenters. The molecule has 0 unspecified atom stereocenters. The van der Waals surface area contributed by atoms with E-state index in [-0.39, 0.29) is 5.91 Å². The Morgan fingerprint density at radius 1 is 1.11 bits per heavy atom. The molecule has 1 heterocycles. The van der Waals surface area contributed by atoms with Crippen LogP contribution in [0, 0.1) is 0 Å². The number of unbranched alkanes of at least 4 members (excludes halogenated alkanes) is 6. The highest BCUT2D eigenvalue weighted by Crippen LogP contribution is 2.09. The molecule has 0 spiro atoms. The minimum absolute atomic E-state index is 0.0715. The highest BCUT2D eigenvalue weighted by Gasteiger charge is 2.02. The van der Waals surface area contributed by atoms with E-state index >= 15 is 0 Å². The minimum atomic E-state index is 0.0715. The van der Waals surface area contributed by atoms with Crippen LogP contribution >= 0.6 is 0 Å². The molecular weight excluding hydrogens is 224 g/mol. The van der Waals surface area contributed by atoms with Crippen LogP contribution in [-0.2, 0) is 4.79 Å². The quantitative estimate of drug-likeness (QED) is 0.667. The predicted molar refractivity (Wildman–Crippen MR) is 75.5 cm³/mol. The van der Waals surface area contributed by atoms with Gasteiger partial charge in [0.15, 0.2) is 0 Å². The second-order valence-electron chi connectivity index (χ2n) is 4.63. The summed E-state index contributed by atoms with van der Waals surface area (Å²) in [6.07, 6.45) is 10.9. The summed E-state index contributed by atoms with van der Waals surface area (Å²) in [7, 11) is 0. The van der Waals surface area contributed by atoms with Gasteiger partial charge in [0.1, 0.15) is 5.82 Å². The van der Waals surface area contributed by atoms with Gasteiger partial charge in [-0.3, -0.25) is 4.79 Å². The molecule has 1 amide bonds. The van der Waals surface area contributed by atoms with Crippen molar-refractivity contribution in [1.82, 2.24) is 4.98 Å². The maximum Gasteiger partial charge on any atom is 0.225 e. The summed E-state index contributed by atoms with van der Waals surface area (Å²) in [5.74, 6) is 0.715. The lowest BCUT2D eigenvalue weighted by atomic mass is 10.1. The summed E-state index contributed by atoms with van der Waals surface area (Å²) < 4.78 is 0. The Hall–Kier alpha value is -1.38. The molecule has 3 nitrogen and oxygen atoms in total. The largest absolute Gasteiger partial charge is 0.311 e. The zero-order chi connectivity index (χ0) is 13.1. The van der Waals surface area contributed by atoms with Crippen molar-refractivity contribution < 1.29 is 4.79 Å². The molecule has 1 N–H and O–H groups in total. The standard InChI is InChI=1S/C15H24N2O/c1-2-3-4-5-6-7-8-12-15(18)17-14-11-9-10-13-16-14/h9-11,13H,2-8,12H2,1H3,(H,16,17,18). The van der Waals surface area contributed by atoms with E-state index in [9.17, 15) is 4.79 Å². The van der Waals surface area contributed by atoms with Gasteiger partial charge in [0, 0.05) is 12.6 Å². The highest BCUT2D eigenvalue weighted by atomic mass is 16.1. The fourth-order valence-corrected chi connectivity index (χ4v) is 1.88. The van der Waals surface area contributed by atoms with Crippen LogP contribution in [0.1, 0.15) is 58.3 Å². The van der Waals surface area contributed by atoms with E-state index < -0.39 is 0 Å². The first-order chi connectivity index (χ1) is 8.83. The van der Waals surface area contributed by atoms with Crippen LogP contribution in [0.15, 0.2) is 24.4 Å². The monoisotopic (exact) mass is 248 g/mol. The van der Waals surface area contributed by atoms with E-state index in [4.69, 9.17) is 0 Å². The number of nitrogens with zero attached hydrogens (tertiary/aromatic N) is 1. The number of hydrogen-bond acceptors (Lipinski definition) is 2. The van der Waals surface area contributed by atoms with Crippen LogP contribution in [0.25, 0.3) is 0 Å². The van der Waals surface area contributed by atoms with Crippen LogP contribution in [0.2, 0.25) is 0 Å². The lowest BCUT2D eigenvalue weighted by Crippen LogP contribution is -2.11. The molecule has 0 radical (unpaired) electrons. The molecule has 1 aromatic heterocycles. The second kappa shape index (κ2) is 9.63. The third-order valence-corrected chi connectivity index (χ3v) is 2.94. The molecule has 0 saturated carbocycles. The molecule has 0 bridgehead atoms. The Labute approximate surface area is 110 Å². The third kappa shape index (κ3) is 7.05. The van der Waals surface area contributed by atoms with Gasteiger partial charge in [-0.2, -0.15) is 0 Å². The number of carbonyl (C=O) groups excluding carboxylic acids is 1. The molecule has 0 aliphatic rings. The van der Waals surface area contributed by atoms with E-state index in [0.717, 1.165) is 12.8 Å². The number of pyridine rings is 1. The Balaban J connectivity index is 2.00. The number of aromatic nitrogens is 1. The zero-order valence-corrected chi connectivity index (χ0v) is 11.3. The van der Waals surface area contributed by atoms with Crippen molar-refractivity contribution in [3.8, 4) is 0 Å². The van der Waals surface area contributed by atoms with E-state index in [1.54, 1.807) is 6.20 Å². The molecule has 18 heavy (non-hydrogen) atoms. The maximum atomic E-state index is 11.6. The van der Waals surface area contributed by atoms with Crippen LogP contribution in [0.4, 0.5) is 5.82 Å². The van der Waals surface area contributed by atoms with Gasteiger partial charge >= 0.3 is 0 Å². The van der Waals surface area contributed by atoms with Crippen LogP contribution in [0.3, 0.4) is 0 Å². The average molecular weight is 248 g/mol. The molecule has 1 aromatic rings. The molecule has 0 aromatic carbocycles. The minimum Gasteiger partial charge on any atom is -0.311 e. The number of anilines is 1. The molecular formula is C15H24N2O. The van der Waals surface area contributed by atoms with Crippen LogP contribution in [0.5, 0.6) is 0 Å². The van der Waals surface area contributed by atoms with Crippen molar-refractivity contribution in [2.75, 3.05) is 5.32 Å². The van der Waals surface area contributed by atoms with E-state index in [0.29, 0.717) is 12.2 Å². The van der Waals surface area contributed by atoms with Crippen molar-refractivity contribution in [2.45, 2.75) is 58.3 Å². The Kier molecular flexibility index (Phi) is 7.85. The van der Waals surface area contributed by atoms with E-state index in [1.807, 2.05) is 18.2 Å². The molecule has 3 heteroatoms. The summed E-state index contributed by atoms with van der Waals surface area (Å²) in [5, 5.41) is 2.80. The third-order valence-electron chi connectivity index (χ3n) is 2.94. The molecule has 0 aliphatic heterocycles. The lowest BCUT2D eigenvalue weighted by Gasteiger charge is -2.04. The molecule has 100 valence electrons. The first-order valence-electron chi connectivity index (χ1n) is 7.04. The summed E-state index contributed by atoms with van der Waals surface area (Å²) in [4.78, 5) is 15.7. The highest BCUT2D eigenvalue weighted by molar-refractivity contribution is 5.89. The fraction of sp³-hybridized carbons (Fsp3) is 0.600. The summed E-state index contributed by atoms with van der Waals surface area (Å²) in [6, 6.07) is 5.52. The number of amides is 1.